The lowest BCUT2D eigenvalue weighted by Crippen LogP contribution is -1.99. The summed E-state index contributed by atoms with van der Waals surface area (Å²) >= 11 is 0. The van der Waals surface area contributed by atoms with Gasteiger partial charge >= 0.3 is 5.92 Å². The Hall–Kier alpha value is -3.40. The summed E-state index contributed by atoms with van der Waals surface area (Å²) < 4.78 is 41.1. The molecule has 0 N–H and O–H groups in total. The smallest absolute Gasteiger partial charge is 0.300 e. The van der Waals surface area contributed by atoms with Crippen molar-refractivity contribution >= 4 is 32.7 Å². The van der Waals surface area contributed by atoms with E-state index in [1.54, 1.807) is 38.5 Å². The van der Waals surface area contributed by atoms with Gasteiger partial charge in [0.05, 0.1) is 14.2 Å². The van der Waals surface area contributed by atoms with E-state index in [4.69, 9.17) is 9.47 Å². The zero-order valence-corrected chi connectivity index (χ0v) is 16.0. The Labute approximate surface area is 167 Å². The van der Waals surface area contributed by atoms with Crippen LogP contribution in [0.25, 0.3) is 32.7 Å². The summed E-state index contributed by atoms with van der Waals surface area (Å²) in [6.07, 6.45) is 0. The number of rotatable bonds is 4. The molecule has 0 radical (unpaired) electrons. The van der Waals surface area contributed by atoms with Crippen molar-refractivity contribution in [2.75, 3.05) is 14.2 Å². The lowest BCUT2D eigenvalue weighted by Gasteiger charge is -2.09. The van der Waals surface area contributed by atoms with Crippen molar-refractivity contribution in [3.63, 3.8) is 0 Å². The molecule has 2 nitrogen and oxygen atoms in total. The average Bonchev–Trinajstić information content (AvgIpc) is 3.33. The molecule has 1 aliphatic carbocycles. The molecule has 0 aliphatic heterocycles. The fourth-order valence-electron chi connectivity index (χ4n) is 4.18. The van der Waals surface area contributed by atoms with Crippen molar-refractivity contribution in [1.29, 1.82) is 0 Å². The van der Waals surface area contributed by atoms with Gasteiger partial charge in [0, 0.05) is 21.9 Å². The van der Waals surface area contributed by atoms with Crippen LogP contribution >= 0.6 is 0 Å². The van der Waals surface area contributed by atoms with Crippen LogP contribution in [0.1, 0.15) is 11.1 Å². The highest BCUT2D eigenvalue weighted by Gasteiger charge is 2.57. The molecule has 29 heavy (non-hydrogen) atoms. The Morgan fingerprint density at radius 3 is 1.31 bits per heavy atom. The van der Waals surface area contributed by atoms with Crippen LogP contribution in [0.4, 0.5) is 8.78 Å². The number of allylic oxidation sites excluding steroid dienone is 2. The number of fused-ring (bicyclic) bond motifs is 2. The summed E-state index contributed by atoms with van der Waals surface area (Å²) in [6, 6.07) is 21.9. The number of hydrogen-bond acceptors (Lipinski definition) is 2. The van der Waals surface area contributed by atoms with Crippen LogP contribution in [-0.2, 0) is 0 Å². The molecular weight excluding hydrogens is 370 g/mol. The molecule has 4 aromatic carbocycles. The van der Waals surface area contributed by atoms with Crippen LogP contribution < -0.4 is 9.47 Å². The summed E-state index contributed by atoms with van der Waals surface area (Å²) in [5.74, 6) is -1.63. The van der Waals surface area contributed by atoms with Gasteiger partial charge in [-0.1, -0.05) is 60.7 Å². The zero-order valence-electron chi connectivity index (χ0n) is 16.0. The van der Waals surface area contributed by atoms with Gasteiger partial charge in [0.2, 0.25) is 0 Å². The lowest BCUT2D eigenvalue weighted by atomic mass is 10.00. The van der Waals surface area contributed by atoms with E-state index >= 15 is 8.78 Å². The largest absolute Gasteiger partial charge is 0.496 e. The summed E-state index contributed by atoms with van der Waals surface area (Å²) in [7, 11) is 3.17. The van der Waals surface area contributed by atoms with E-state index in [2.05, 4.69) is 0 Å². The maximum Gasteiger partial charge on any atom is 0.300 e. The lowest BCUT2D eigenvalue weighted by molar-refractivity contribution is 0.167. The van der Waals surface area contributed by atoms with Crippen molar-refractivity contribution in [3.05, 3.63) is 83.9 Å². The maximum absolute atomic E-state index is 15.1. The number of hydrogen-bond donors (Lipinski definition) is 0. The normalized spacial score (nSPS) is 15.0. The van der Waals surface area contributed by atoms with E-state index in [9.17, 15) is 0 Å². The second-order valence-electron chi connectivity index (χ2n) is 7.05. The van der Waals surface area contributed by atoms with Crippen LogP contribution in [0, 0.1) is 0 Å². The molecule has 5 rings (SSSR count). The van der Waals surface area contributed by atoms with Gasteiger partial charge in [0.15, 0.2) is 0 Å². The van der Waals surface area contributed by atoms with Gasteiger partial charge in [0.25, 0.3) is 0 Å². The molecule has 0 bridgehead atoms. The molecule has 0 amide bonds. The standard InChI is InChI=1S/C25H18F2O2/c1-28-21-13-11-19(15-7-3-5-9-17(15)21)23-24(25(23,26)27)20-12-14-22(29-2)18-10-6-4-8-16(18)20/h3-14H,1-2H3. The van der Waals surface area contributed by atoms with Crippen LogP contribution in [-0.4, -0.2) is 20.1 Å². The molecule has 0 aromatic heterocycles. The SMILES string of the molecule is COc1ccc(C2=C(c3ccc(OC)c4ccccc34)C2(F)F)c2ccccc12. The van der Waals surface area contributed by atoms with Gasteiger partial charge < -0.3 is 9.47 Å². The van der Waals surface area contributed by atoms with Crippen molar-refractivity contribution in [2.24, 2.45) is 0 Å². The number of halogens is 2. The molecule has 0 atom stereocenters. The minimum atomic E-state index is -2.98. The highest BCUT2D eigenvalue weighted by Crippen LogP contribution is 2.62. The Kier molecular flexibility index (Phi) is 3.85. The van der Waals surface area contributed by atoms with E-state index < -0.39 is 5.92 Å². The number of ether oxygens (including phenoxy) is 2. The third-order valence-electron chi connectivity index (χ3n) is 5.56. The second-order valence-corrected chi connectivity index (χ2v) is 7.05. The first kappa shape index (κ1) is 17.7. The maximum atomic E-state index is 15.1. The van der Waals surface area contributed by atoms with E-state index in [1.165, 1.54) is 0 Å². The van der Waals surface area contributed by atoms with Crippen molar-refractivity contribution < 1.29 is 18.3 Å². The van der Waals surface area contributed by atoms with Gasteiger partial charge in [-0.15, -0.1) is 0 Å². The summed E-state index contributed by atoms with van der Waals surface area (Å²) in [6.45, 7) is 0. The molecule has 0 saturated carbocycles. The van der Waals surface area contributed by atoms with Gasteiger partial charge in [-0.25, -0.2) is 0 Å². The predicted octanol–water partition coefficient (Wildman–Crippen LogP) is 6.57. The van der Waals surface area contributed by atoms with Gasteiger partial charge in [-0.2, -0.15) is 8.78 Å². The Morgan fingerprint density at radius 2 is 0.931 bits per heavy atom. The third kappa shape index (κ3) is 2.52. The van der Waals surface area contributed by atoms with Gasteiger partial charge in [-0.05, 0) is 34.0 Å². The van der Waals surface area contributed by atoms with E-state index in [0.29, 0.717) is 22.6 Å². The first-order chi connectivity index (χ1) is 14.1. The molecule has 4 aromatic rings. The van der Waals surface area contributed by atoms with Crippen LogP contribution in [0.3, 0.4) is 0 Å². The molecule has 1 aliphatic rings. The molecule has 0 unspecified atom stereocenters. The molecular formula is C25H18F2O2. The second kappa shape index (κ2) is 6.31. The molecule has 0 heterocycles. The zero-order chi connectivity index (χ0) is 20.2. The van der Waals surface area contributed by atoms with Crippen molar-refractivity contribution in [2.45, 2.75) is 5.92 Å². The topological polar surface area (TPSA) is 18.5 Å². The summed E-state index contributed by atoms with van der Waals surface area (Å²) in [5, 5.41) is 3.16. The van der Waals surface area contributed by atoms with E-state index in [0.717, 1.165) is 21.5 Å². The predicted molar refractivity (Wildman–Crippen MR) is 113 cm³/mol. The highest BCUT2D eigenvalue weighted by molar-refractivity contribution is 6.22. The number of alkyl halides is 2. The summed E-state index contributed by atoms with van der Waals surface area (Å²) in [5.41, 5.74) is 1.24. The minimum Gasteiger partial charge on any atom is -0.496 e. The monoisotopic (exact) mass is 388 g/mol. The quantitative estimate of drug-likeness (QED) is 0.394. The van der Waals surface area contributed by atoms with Crippen LogP contribution in [0.2, 0.25) is 0 Å². The Bertz CT molecular complexity index is 1210. The molecule has 144 valence electrons. The first-order valence-electron chi connectivity index (χ1n) is 9.33. The van der Waals surface area contributed by atoms with Crippen LogP contribution in [0.5, 0.6) is 11.5 Å². The van der Waals surface area contributed by atoms with Gasteiger partial charge in [-0.3, -0.25) is 0 Å². The molecule has 0 saturated heterocycles. The first-order valence-corrected chi connectivity index (χ1v) is 9.33. The summed E-state index contributed by atoms with van der Waals surface area (Å²) in [4.78, 5) is 0. The number of methoxy groups -OCH3 is 2. The minimum absolute atomic E-state index is 0.0756. The van der Waals surface area contributed by atoms with E-state index in [1.807, 2.05) is 48.5 Å². The Balaban J connectivity index is 1.78. The van der Waals surface area contributed by atoms with Crippen molar-refractivity contribution in [3.8, 4) is 11.5 Å². The highest BCUT2D eigenvalue weighted by atomic mass is 19.3. The van der Waals surface area contributed by atoms with Crippen LogP contribution in [0.15, 0.2) is 72.8 Å². The Morgan fingerprint density at radius 1 is 0.552 bits per heavy atom. The van der Waals surface area contributed by atoms with E-state index in [-0.39, 0.29) is 11.1 Å². The average molecular weight is 388 g/mol. The molecule has 0 fully saturated rings. The molecule has 0 spiro atoms. The van der Waals surface area contributed by atoms with Gasteiger partial charge in [0.1, 0.15) is 11.5 Å². The molecule has 4 heteroatoms. The fourth-order valence-corrected chi connectivity index (χ4v) is 4.18. The number of benzene rings is 4. The third-order valence-corrected chi connectivity index (χ3v) is 5.56. The van der Waals surface area contributed by atoms with Crippen molar-refractivity contribution in [1.82, 2.24) is 0 Å². The fraction of sp³-hybridized carbons (Fsp3) is 0.120.